The number of carbonyl (C=O) groups excluding carboxylic acids is 2. The van der Waals surface area contributed by atoms with Crippen molar-refractivity contribution in [3.63, 3.8) is 0 Å². The van der Waals surface area contributed by atoms with E-state index >= 15 is 0 Å². The Balaban J connectivity index is 1.25. The highest BCUT2D eigenvalue weighted by Gasteiger charge is 2.18. The van der Waals surface area contributed by atoms with Gasteiger partial charge in [0.25, 0.3) is 0 Å². The molecular weight excluding hydrogens is 472 g/mol. The Morgan fingerprint density at radius 2 is 1.58 bits per heavy atom. The van der Waals surface area contributed by atoms with Crippen LogP contribution in [0.4, 0.5) is 5.13 Å². The van der Waals surface area contributed by atoms with Gasteiger partial charge < -0.3 is 14.8 Å². The summed E-state index contributed by atoms with van der Waals surface area (Å²) >= 11 is 1.47. The van der Waals surface area contributed by atoms with Gasteiger partial charge in [0.1, 0.15) is 0 Å². The molecular formula is C29H26N2O4S. The number of thiazole rings is 1. The van der Waals surface area contributed by atoms with Crippen LogP contribution in [0.15, 0.2) is 78.9 Å². The molecule has 7 heteroatoms. The van der Waals surface area contributed by atoms with E-state index in [1.165, 1.54) is 16.9 Å². The molecule has 0 unspecified atom stereocenters. The molecule has 1 aliphatic rings. The molecule has 4 aromatic rings. The Kier molecular flexibility index (Phi) is 7.38. The maximum Gasteiger partial charge on any atom is 0.226 e. The number of Topliss-reactive ketones (excluding diaryl/α,β-unsaturated/α-hetero) is 1. The van der Waals surface area contributed by atoms with Crippen molar-refractivity contribution in [2.45, 2.75) is 25.7 Å². The van der Waals surface area contributed by atoms with Gasteiger partial charge in [-0.2, -0.15) is 0 Å². The number of benzene rings is 3. The van der Waals surface area contributed by atoms with Crippen LogP contribution in [0.3, 0.4) is 0 Å². The van der Waals surface area contributed by atoms with Crippen molar-refractivity contribution in [2.24, 2.45) is 0 Å². The number of fused-ring (bicyclic) bond motifs is 1. The van der Waals surface area contributed by atoms with E-state index in [0.717, 1.165) is 29.0 Å². The number of amides is 1. The maximum atomic E-state index is 12.7. The zero-order chi connectivity index (χ0) is 24.7. The third-order valence-corrected chi connectivity index (χ3v) is 6.82. The molecule has 0 saturated heterocycles. The fourth-order valence-corrected chi connectivity index (χ4v) is 5.05. The third-order valence-electron chi connectivity index (χ3n) is 5.85. The van der Waals surface area contributed by atoms with Crippen LogP contribution in [0, 0.1) is 0 Å². The molecule has 1 amide bonds. The molecule has 6 nitrogen and oxygen atoms in total. The number of ketones is 1. The first kappa shape index (κ1) is 23.8. The third kappa shape index (κ3) is 5.80. The average Bonchev–Trinajstić information content (AvgIpc) is 3.14. The Hall–Kier alpha value is -3.97. The van der Waals surface area contributed by atoms with E-state index in [1.807, 2.05) is 48.5 Å². The van der Waals surface area contributed by atoms with Gasteiger partial charge in [0.05, 0.1) is 18.9 Å². The zero-order valence-corrected chi connectivity index (χ0v) is 20.6. The second-order valence-corrected chi connectivity index (χ2v) is 9.59. The number of anilines is 1. The van der Waals surface area contributed by atoms with E-state index in [-0.39, 0.29) is 24.5 Å². The summed E-state index contributed by atoms with van der Waals surface area (Å²) < 4.78 is 11.3. The maximum absolute atomic E-state index is 12.7. The fourth-order valence-electron chi connectivity index (χ4n) is 4.02. The van der Waals surface area contributed by atoms with Gasteiger partial charge in [-0.1, -0.05) is 60.7 Å². The SMILES string of the molecule is O=C(CCC(=O)c1ccc2c(c1)OCCCO2)Nc1nc(-c2ccccc2)c(Cc2ccccc2)s1. The smallest absolute Gasteiger partial charge is 0.226 e. The van der Waals surface area contributed by atoms with Crippen molar-refractivity contribution in [1.82, 2.24) is 4.98 Å². The van der Waals surface area contributed by atoms with Gasteiger partial charge in [0.2, 0.25) is 5.91 Å². The molecule has 182 valence electrons. The van der Waals surface area contributed by atoms with E-state index in [0.29, 0.717) is 35.4 Å². The number of nitrogens with one attached hydrogen (secondary N) is 1. The summed E-state index contributed by atoms with van der Waals surface area (Å²) in [5, 5.41) is 3.43. The molecule has 1 aromatic heterocycles. The summed E-state index contributed by atoms with van der Waals surface area (Å²) in [4.78, 5) is 31.2. The van der Waals surface area contributed by atoms with Crippen LogP contribution >= 0.6 is 11.3 Å². The van der Waals surface area contributed by atoms with Crippen LogP contribution < -0.4 is 14.8 Å². The van der Waals surface area contributed by atoms with Gasteiger partial charge in [-0.25, -0.2) is 4.98 Å². The lowest BCUT2D eigenvalue weighted by atomic mass is 10.1. The van der Waals surface area contributed by atoms with Crippen LogP contribution in [-0.4, -0.2) is 29.9 Å². The number of hydrogen-bond donors (Lipinski definition) is 1. The van der Waals surface area contributed by atoms with Gasteiger partial charge in [-0.05, 0) is 23.8 Å². The van der Waals surface area contributed by atoms with E-state index in [1.54, 1.807) is 18.2 Å². The van der Waals surface area contributed by atoms with Crippen LogP contribution in [0.5, 0.6) is 11.5 Å². The summed E-state index contributed by atoms with van der Waals surface area (Å²) in [7, 11) is 0. The molecule has 0 radical (unpaired) electrons. The number of hydrogen-bond acceptors (Lipinski definition) is 6. The molecule has 1 N–H and O–H groups in total. The molecule has 0 bridgehead atoms. The Morgan fingerprint density at radius 3 is 2.36 bits per heavy atom. The van der Waals surface area contributed by atoms with Gasteiger partial charge in [-0.3, -0.25) is 9.59 Å². The Bertz CT molecular complexity index is 1350. The molecule has 36 heavy (non-hydrogen) atoms. The van der Waals surface area contributed by atoms with Crippen molar-refractivity contribution in [3.8, 4) is 22.8 Å². The zero-order valence-electron chi connectivity index (χ0n) is 19.7. The second-order valence-electron chi connectivity index (χ2n) is 8.50. The minimum Gasteiger partial charge on any atom is -0.490 e. The van der Waals surface area contributed by atoms with E-state index < -0.39 is 0 Å². The monoisotopic (exact) mass is 498 g/mol. The number of carbonyl (C=O) groups is 2. The van der Waals surface area contributed by atoms with Gasteiger partial charge in [-0.15, -0.1) is 11.3 Å². The molecule has 1 aliphatic heterocycles. The van der Waals surface area contributed by atoms with Crippen molar-refractivity contribution < 1.29 is 19.1 Å². The predicted molar refractivity (Wildman–Crippen MR) is 141 cm³/mol. The Morgan fingerprint density at radius 1 is 0.861 bits per heavy atom. The predicted octanol–water partition coefficient (Wildman–Crippen LogP) is 6.16. The number of aromatic nitrogens is 1. The summed E-state index contributed by atoms with van der Waals surface area (Å²) in [6.07, 6.45) is 1.69. The minimum atomic E-state index is -0.239. The highest BCUT2D eigenvalue weighted by molar-refractivity contribution is 7.16. The molecule has 0 saturated carbocycles. The number of nitrogens with zero attached hydrogens (tertiary/aromatic N) is 1. The first-order valence-corrected chi connectivity index (χ1v) is 12.8. The lowest BCUT2D eigenvalue weighted by molar-refractivity contribution is -0.116. The first-order valence-electron chi connectivity index (χ1n) is 12.0. The van der Waals surface area contributed by atoms with Gasteiger partial charge in [0, 0.05) is 41.7 Å². The normalized spacial score (nSPS) is 12.6. The molecule has 0 spiro atoms. The fraction of sp³-hybridized carbons (Fsp3) is 0.207. The highest BCUT2D eigenvalue weighted by Crippen LogP contribution is 2.33. The van der Waals surface area contributed by atoms with E-state index in [2.05, 4.69) is 17.4 Å². The molecule has 2 heterocycles. The molecule has 0 fully saturated rings. The second kappa shape index (κ2) is 11.2. The van der Waals surface area contributed by atoms with E-state index in [9.17, 15) is 9.59 Å². The Labute approximate surface area is 213 Å². The number of rotatable bonds is 8. The quantitative estimate of drug-likeness (QED) is 0.294. The molecule has 3 aromatic carbocycles. The largest absolute Gasteiger partial charge is 0.490 e. The number of ether oxygens (including phenoxy) is 2. The molecule has 0 atom stereocenters. The van der Waals surface area contributed by atoms with Crippen molar-refractivity contribution in [3.05, 3.63) is 94.9 Å². The van der Waals surface area contributed by atoms with Crippen molar-refractivity contribution >= 4 is 28.2 Å². The van der Waals surface area contributed by atoms with Crippen LogP contribution in [-0.2, 0) is 11.2 Å². The van der Waals surface area contributed by atoms with Crippen LogP contribution in [0.25, 0.3) is 11.3 Å². The van der Waals surface area contributed by atoms with Crippen molar-refractivity contribution in [2.75, 3.05) is 18.5 Å². The standard InChI is InChI=1S/C29H26N2O4S/c32-23(22-12-14-24-25(19-22)35-17-7-16-34-24)13-15-27(33)30-29-31-28(21-10-5-2-6-11-21)26(36-29)18-20-8-3-1-4-9-20/h1-6,8-12,14,19H,7,13,15-18H2,(H,30,31,33). The summed E-state index contributed by atoms with van der Waals surface area (Å²) in [5.74, 6) is 0.864. The van der Waals surface area contributed by atoms with Crippen LogP contribution in [0.2, 0.25) is 0 Å². The summed E-state index contributed by atoms with van der Waals surface area (Å²) in [6.45, 7) is 1.15. The highest BCUT2D eigenvalue weighted by atomic mass is 32.1. The lowest BCUT2D eigenvalue weighted by Gasteiger charge is -2.08. The van der Waals surface area contributed by atoms with Crippen LogP contribution in [0.1, 0.15) is 40.1 Å². The first-order chi connectivity index (χ1) is 17.7. The minimum absolute atomic E-state index is 0.0710. The van der Waals surface area contributed by atoms with E-state index in [4.69, 9.17) is 14.5 Å². The summed E-state index contributed by atoms with van der Waals surface area (Å²) in [6, 6.07) is 25.3. The van der Waals surface area contributed by atoms with Crippen molar-refractivity contribution in [1.29, 1.82) is 0 Å². The molecule has 0 aliphatic carbocycles. The summed E-state index contributed by atoms with van der Waals surface area (Å²) in [5.41, 5.74) is 3.56. The van der Waals surface area contributed by atoms with Gasteiger partial charge >= 0.3 is 0 Å². The average molecular weight is 499 g/mol. The topological polar surface area (TPSA) is 77.5 Å². The lowest BCUT2D eigenvalue weighted by Crippen LogP contribution is -2.13. The molecule has 5 rings (SSSR count). The van der Waals surface area contributed by atoms with Gasteiger partial charge in [0.15, 0.2) is 22.4 Å².